The zero-order valence-corrected chi connectivity index (χ0v) is 14.1. The number of thioether (sulfide) groups is 1. The molecule has 0 unspecified atom stereocenters. The second kappa shape index (κ2) is 8.47. The van der Waals surface area contributed by atoms with Crippen molar-refractivity contribution in [2.24, 2.45) is 0 Å². The zero-order chi connectivity index (χ0) is 15.1. The lowest BCUT2D eigenvalue weighted by Gasteiger charge is -2.27. The number of rotatable bonds is 5. The van der Waals surface area contributed by atoms with Gasteiger partial charge in [-0.3, -0.25) is 4.79 Å². The van der Waals surface area contributed by atoms with Gasteiger partial charge in [-0.25, -0.2) is 0 Å². The van der Waals surface area contributed by atoms with Gasteiger partial charge < -0.3 is 4.90 Å². The highest BCUT2D eigenvalue weighted by Crippen LogP contribution is 2.22. The zero-order valence-electron chi connectivity index (χ0n) is 13.3. The van der Waals surface area contributed by atoms with E-state index in [4.69, 9.17) is 0 Å². The van der Waals surface area contributed by atoms with Gasteiger partial charge >= 0.3 is 0 Å². The summed E-state index contributed by atoms with van der Waals surface area (Å²) in [5, 5.41) is 0. The molecule has 1 aromatic rings. The van der Waals surface area contributed by atoms with Crippen molar-refractivity contribution >= 4 is 17.7 Å². The average Bonchev–Trinajstić information content (AvgIpc) is 2.81. The van der Waals surface area contributed by atoms with Gasteiger partial charge in [-0.1, -0.05) is 44.7 Å². The van der Waals surface area contributed by atoms with Gasteiger partial charge in [-0.05, 0) is 36.3 Å². The van der Waals surface area contributed by atoms with Crippen molar-refractivity contribution in [2.45, 2.75) is 57.2 Å². The molecule has 0 atom stereocenters. The summed E-state index contributed by atoms with van der Waals surface area (Å²) in [5.41, 5.74) is 2.13. The minimum Gasteiger partial charge on any atom is -0.339 e. The molecule has 0 spiro atoms. The Bertz CT molecular complexity index is 435. The van der Waals surface area contributed by atoms with Gasteiger partial charge in [0.15, 0.2) is 0 Å². The number of carbonyl (C=O) groups is 1. The molecule has 0 N–H and O–H groups in total. The van der Waals surface area contributed by atoms with E-state index in [9.17, 15) is 4.79 Å². The van der Waals surface area contributed by atoms with Crippen molar-refractivity contribution in [3.63, 3.8) is 0 Å². The fourth-order valence-corrected chi connectivity index (χ4v) is 3.61. The van der Waals surface area contributed by atoms with Crippen LogP contribution in [0.15, 0.2) is 24.3 Å². The van der Waals surface area contributed by atoms with Crippen LogP contribution in [0, 0.1) is 0 Å². The number of hydrogen-bond donors (Lipinski definition) is 0. The highest BCUT2D eigenvalue weighted by atomic mass is 32.2. The van der Waals surface area contributed by atoms with E-state index in [0.717, 1.165) is 29.9 Å². The molecule has 116 valence electrons. The van der Waals surface area contributed by atoms with Crippen LogP contribution < -0.4 is 0 Å². The van der Waals surface area contributed by atoms with Crippen LogP contribution in [0.5, 0.6) is 0 Å². The fourth-order valence-electron chi connectivity index (χ4n) is 2.98. The Kier molecular flexibility index (Phi) is 6.62. The number of hydrogen-bond acceptors (Lipinski definition) is 2. The molecule has 1 amide bonds. The monoisotopic (exact) mass is 305 g/mol. The van der Waals surface area contributed by atoms with Gasteiger partial charge in [0.1, 0.15) is 0 Å². The molecule has 0 heterocycles. The van der Waals surface area contributed by atoms with Crippen LogP contribution >= 0.6 is 11.8 Å². The summed E-state index contributed by atoms with van der Waals surface area (Å²) < 4.78 is 0. The maximum absolute atomic E-state index is 12.6. The van der Waals surface area contributed by atoms with Crippen LogP contribution in [-0.2, 0) is 5.75 Å². The Morgan fingerprint density at radius 2 is 1.76 bits per heavy atom. The van der Waals surface area contributed by atoms with E-state index in [1.54, 1.807) is 0 Å². The molecule has 1 saturated carbocycles. The van der Waals surface area contributed by atoms with Crippen molar-refractivity contribution in [2.75, 3.05) is 12.8 Å². The molecule has 1 aliphatic rings. The first-order valence-corrected chi connectivity index (χ1v) is 9.31. The summed E-state index contributed by atoms with van der Waals surface area (Å²) in [6.45, 7) is 2.17. The molecule has 0 bridgehead atoms. The first-order valence-electron chi connectivity index (χ1n) is 8.16. The van der Waals surface area contributed by atoms with E-state index >= 15 is 0 Å². The Labute approximate surface area is 133 Å². The third-order valence-corrected chi connectivity index (χ3v) is 5.31. The summed E-state index contributed by atoms with van der Waals surface area (Å²) >= 11 is 1.91. The van der Waals surface area contributed by atoms with Gasteiger partial charge in [0.25, 0.3) is 5.91 Å². The van der Waals surface area contributed by atoms with Gasteiger partial charge in [0.05, 0.1) is 0 Å². The quantitative estimate of drug-likeness (QED) is 0.733. The molecular weight excluding hydrogens is 278 g/mol. The largest absolute Gasteiger partial charge is 0.339 e. The van der Waals surface area contributed by atoms with Crippen molar-refractivity contribution in [1.82, 2.24) is 4.90 Å². The van der Waals surface area contributed by atoms with E-state index in [1.165, 1.54) is 31.2 Å². The van der Waals surface area contributed by atoms with Gasteiger partial charge in [0.2, 0.25) is 0 Å². The Morgan fingerprint density at radius 1 is 1.14 bits per heavy atom. The lowest BCUT2D eigenvalue weighted by molar-refractivity contribution is 0.0717. The number of nitrogens with zero attached hydrogens (tertiary/aromatic N) is 1. The molecule has 3 heteroatoms. The third kappa shape index (κ3) is 4.77. The standard InChI is InChI=1S/C18H27NOS/c1-3-21-14-15-10-12-16(13-11-15)18(20)19(2)17-8-6-4-5-7-9-17/h10-13,17H,3-9,14H2,1-2H3. The topological polar surface area (TPSA) is 20.3 Å². The summed E-state index contributed by atoms with van der Waals surface area (Å²) in [4.78, 5) is 14.6. The Morgan fingerprint density at radius 3 is 2.33 bits per heavy atom. The fraction of sp³-hybridized carbons (Fsp3) is 0.611. The molecule has 1 fully saturated rings. The van der Waals surface area contributed by atoms with E-state index < -0.39 is 0 Å². The summed E-state index contributed by atoms with van der Waals surface area (Å²) in [6, 6.07) is 8.59. The highest BCUT2D eigenvalue weighted by Gasteiger charge is 2.21. The minimum atomic E-state index is 0.177. The summed E-state index contributed by atoms with van der Waals surface area (Å²) in [7, 11) is 1.97. The van der Waals surface area contributed by atoms with Crippen LogP contribution in [0.25, 0.3) is 0 Å². The van der Waals surface area contributed by atoms with Crippen molar-refractivity contribution in [3.05, 3.63) is 35.4 Å². The predicted octanol–water partition coefficient (Wildman–Crippen LogP) is 4.73. The van der Waals surface area contributed by atoms with Gasteiger partial charge in [0, 0.05) is 24.4 Å². The first kappa shape index (κ1) is 16.4. The van der Waals surface area contributed by atoms with Crippen LogP contribution in [0.3, 0.4) is 0 Å². The van der Waals surface area contributed by atoms with Gasteiger partial charge in [-0.15, -0.1) is 0 Å². The molecule has 2 rings (SSSR count). The van der Waals surface area contributed by atoms with E-state index in [2.05, 4.69) is 19.1 Å². The second-order valence-electron chi connectivity index (χ2n) is 5.90. The van der Waals surface area contributed by atoms with Crippen molar-refractivity contribution in [1.29, 1.82) is 0 Å². The van der Waals surface area contributed by atoms with Crippen LogP contribution in [-0.4, -0.2) is 29.6 Å². The normalized spacial score (nSPS) is 16.5. The van der Waals surface area contributed by atoms with Crippen molar-refractivity contribution in [3.8, 4) is 0 Å². The molecule has 0 aromatic heterocycles. The maximum atomic E-state index is 12.6. The first-order chi connectivity index (χ1) is 10.2. The van der Waals surface area contributed by atoms with Crippen LogP contribution in [0.2, 0.25) is 0 Å². The molecule has 0 aliphatic heterocycles. The van der Waals surface area contributed by atoms with Crippen LogP contribution in [0.1, 0.15) is 61.4 Å². The molecule has 1 aliphatic carbocycles. The van der Waals surface area contributed by atoms with Crippen molar-refractivity contribution < 1.29 is 4.79 Å². The maximum Gasteiger partial charge on any atom is 0.253 e. The van der Waals surface area contributed by atoms with E-state index in [0.29, 0.717) is 6.04 Å². The SMILES string of the molecule is CCSCc1ccc(C(=O)N(C)C2CCCCCC2)cc1. The molecule has 21 heavy (non-hydrogen) atoms. The number of carbonyl (C=O) groups excluding carboxylic acids is 1. The van der Waals surface area contributed by atoms with Crippen LogP contribution in [0.4, 0.5) is 0 Å². The van der Waals surface area contributed by atoms with E-state index in [1.807, 2.05) is 35.8 Å². The molecule has 2 nitrogen and oxygen atoms in total. The summed E-state index contributed by atoms with van der Waals surface area (Å²) in [6.07, 6.45) is 7.48. The smallest absolute Gasteiger partial charge is 0.253 e. The second-order valence-corrected chi connectivity index (χ2v) is 7.17. The lowest BCUT2D eigenvalue weighted by Crippen LogP contribution is -2.36. The molecule has 0 saturated heterocycles. The summed E-state index contributed by atoms with van der Waals surface area (Å²) in [5.74, 6) is 2.34. The third-order valence-electron chi connectivity index (χ3n) is 4.37. The number of amides is 1. The number of benzene rings is 1. The Hall–Kier alpha value is -0.960. The van der Waals surface area contributed by atoms with Gasteiger partial charge in [-0.2, -0.15) is 11.8 Å². The Balaban J connectivity index is 1.97. The van der Waals surface area contributed by atoms with E-state index in [-0.39, 0.29) is 5.91 Å². The molecule has 0 radical (unpaired) electrons. The minimum absolute atomic E-state index is 0.177. The average molecular weight is 305 g/mol. The molecular formula is C18H27NOS. The lowest BCUT2D eigenvalue weighted by atomic mass is 10.1. The molecule has 1 aromatic carbocycles. The predicted molar refractivity (Wildman–Crippen MR) is 91.9 cm³/mol. The highest BCUT2D eigenvalue weighted by molar-refractivity contribution is 7.98.